The van der Waals surface area contributed by atoms with Crippen molar-refractivity contribution in [1.29, 1.82) is 5.26 Å². The quantitative estimate of drug-likeness (QED) is 0.700. The van der Waals surface area contributed by atoms with Crippen LogP contribution >= 0.6 is 0 Å². The molecule has 114 valence electrons. The maximum absolute atomic E-state index is 12.0. The molecule has 1 aromatic carbocycles. The Labute approximate surface area is 123 Å². The number of hydrogen-bond donors (Lipinski definition) is 2. The first-order chi connectivity index (χ1) is 9.92. The van der Waals surface area contributed by atoms with Gasteiger partial charge in [0.25, 0.3) is 0 Å². The first-order valence-electron chi connectivity index (χ1n) is 6.20. The largest absolute Gasteiger partial charge is 0.496 e. The number of hydrogen-bond acceptors (Lipinski definition) is 5. The van der Waals surface area contributed by atoms with Crippen molar-refractivity contribution in [3.05, 3.63) is 23.8 Å². The highest BCUT2D eigenvalue weighted by atomic mass is 32.2. The molecule has 0 unspecified atom stereocenters. The highest BCUT2D eigenvalue weighted by molar-refractivity contribution is 7.89. The Morgan fingerprint density at radius 1 is 1.43 bits per heavy atom. The van der Waals surface area contributed by atoms with Crippen LogP contribution in [0.4, 0.5) is 0 Å². The third kappa shape index (κ3) is 4.73. The van der Waals surface area contributed by atoms with Gasteiger partial charge in [0.2, 0.25) is 10.0 Å². The highest BCUT2D eigenvalue weighted by Crippen LogP contribution is 2.22. The molecule has 0 heterocycles. The lowest BCUT2D eigenvalue weighted by molar-refractivity contribution is 0.0693. The van der Waals surface area contributed by atoms with Crippen LogP contribution in [0.15, 0.2) is 23.1 Å². The normalized spacial score (nSPS) is 10.9. The van der Waals surface area contributed by atoms with Crippen molar-refractivity contribution in [3.63, 3.8) is 0 Å². The molecule has 1 rings (SSSR count). The summed E-state index contributed by atoms with van der Waals surface area (Å²) in [5.41, 5.74) is -0.218. The van der Waals surface area contributed by atoms with Gasteiger partial charge in [-0.2, -0.15) is 5.26 Å². The molecule has 2 N–H and O–H groups in total. The maximum Gasteiger partial charge on any atom is 0.339 e. The van der Waals surface area contributed by atoms with Gasteiger partial charge >= 0.3 is 5.97 Å². The molecule has 21 heavy (non-hydrogen) atoms. The summed E-state index contributed by atoms with van der Waals surface area (Å²) < 4.78 is 31.3. The standard InChI is InChI=1S/C13H16N2O5S/c1-20-12-6-5-10(9-11(12)13(16)17)21(18,19)15-8-4-2-3-7-14/h5-6,9,15H,2-4,8H2,1H3,(H,16,17). The maximum atomic E-state index is 12.0. The Balaban J connectivity index is 2.86. The second-order valence-electron chi connectivity index (χ2n) is 4.18. The number of benzene rings is 1. The lowest BCUT2D eigenvalue weighted by Gasteiger charge is -2.09. The number of carboxylic acid groups (broad SMARTS) is 1. The van der Waals surface area contributed by atoms with Gasteiger partial charge in [0.15, 0.2) is 0 Å². The minimum Gasteiger partial charge on any atom is -0.496 e. The van der Waals surface area contributed by atoms with Gasteiger partial charge in [0.05, 0.1) is 18.1 Å². The Bertz CT molecular complexity index is 649. The van der Waals surface area contributed by atoms with Gasteiger partial charge in [-0.05, 0) is 31.0 Å². The number of ether oxygens (including phenoxy) is 1. The van der Waals surface area contributed by atoms with Gasteiger partial charge in [-0.3, -0.25) is 0 Å². The number of rotatable bonds is 8. The molecule has 0 radical (unpaired) electrons. The third-order valence-corrected chi connectivity index (χ3v) is 4.18. The number of carbonyl (C=O) groups is 1. The SMILES string of the molecule is COc1ccc(S(=O)(=O)NCCCCC#N)cc1C(=O)O. The van der Waals surface area contributed by atoms with Gasteiger partial charge in [-0.15, -0.1) is 0 Å². The van der Waals surface area contributed by atoms with Gasteiger partial charge in [0, 0.05) is 13.0 Å². The summed E-state index contributed by atoms with van der Waals surface area (Å²) in [6, 6.07) is 5.61. The fourth-order valence-corrected chi connectivity index (χ4v) is 2.74. The number of nitriles is 1. The van der Waals surface area contributed by atoms with E-state index in [2.05, 4.69) is 4.72 Å². The van der Waals surface area contributed by atoms with E-state index in [4.69, 9.17) is 15.1 Å². The van der Waals surface area contributed by atoms with E-state index in [0.717, 1.165) is 6.07 Å². The summed E-state index contributed by atoms with van der Waals surface area (Å²) in [6.07, 6.45) is 1.50. The molecule has 0 saturated carbocycles. The number of nitrogens with one attached hydrogen (secondary N) is 1. The molecule has 0 aliphatic carbocycles. The Hall–Kier alpha value is -2.11. The van der Waals surface area contributed by atoms with Crippen LogP contribution < -0.4 is 9.46 Å². The molecular formula is C13H16N2O5S. The molecule has 0 spiro atoms. The predicted octanol–water partition coefficient (Wildman–Crippen LogP) is 1.37. The highest BCUT2D eigenvalue weighted by Gasteiger charge is 2.18. The van der Waals surface area contributed by atoms with Gasteiger partial charge in [-0.25, -0.2) is 17.9 Å². The van der Waals surface area contributed by atoms with E-state index in [1.54, 1.807) is 0 Å². The molecule has 0 saturated heterocycles. The van der Waals surface area contributed by atoms with Crippen LogP contribution in [0.5, 0.6) is 5.75 Å². The number of nitrogens with zero attached hydrogens (tertiary/aromatic N) is 1. The number of sulfonamides is 1. The Morgan fingerprint density at radius 3 is 2.71 bits per heavy atom. The first-order valence-corrected chi connectivity index (χ1v) is 7.68. The number of carboxylic acids is 1. The summed E-state index contributed by atoms with van der Waals surface area (Å²) in [6.45, 7) is 0.193. The lowest BCUT2D eigenvalue weighted by atomic mass is 10.2. The van der Waals surface area contributed by atoms with Crippen molar-refractivity contribution in [3.8, 4) is 11.8 Å². The number of methoxy groups -OCH3 is 1. The van der Waals surface area contributed by atoms with Crippen LogP contribution in [-0.4, -0.2) is 33.1 Å². The summed E-state index contributed by atoms with van der Waals surface area (Å²) in [4.78, 5) is 10.9. The molecule has 0 fully saturated rings. The fourth-order valence-electron chi connectivity index (χ4n) is 1.64. The third-order valence-electron chi connectivity index (χ3n) is 2.72. The average molecular weight is 312 g/mol. The molecule has 0 amide bonds. The fraction of sp³-hybridized carbons (Fsp3) is 0.385. The van der Waals surface area contributed by atoms with Crippen molar-refractivity contribution < 1.29 is 23.1 Å². The Kier molecular flexibility index (Phi) is 6.14. The Morgan fingerprint density at radius 2 is 2.14 bits per heavy atom. The monoisotopic (exact) mass is 312 g/mol. The van der Waals surface area contributed by atoms with E-state index in [0.29, 0.717) is 19.3 Å². The van der Waals surface area contributed by atoms with Crippen LogP contribution in [0.1, 0.15) is 29.6 Å². The van der Waals surface area contributed by atoms with Crippen molar-refractivity contribution in [2.75, 3.05) is 13.7 Å². The van der Waals surface area contributed by atoms with Crippen LogP contribution in [-0.2, 0) is 10.0 Å². The zero-order chi connectivity index (χ0) is 15.9. The molecule has 0 aliphatic rings. The zero-order valence-corrected chi connectivity index (χ0v) is 12.3. The van der Waals surface area contributed by atoms with Crippen LogP contribution in [0, 0.1) is 11.3 Å². The average Bonchev–Trinajstić information content (AvgIpc) is 2.46. The van der Waals surface area contributed by atoms with E-state index in [9.17, 15) is 13.2 Å². The molecule has 1 aromatic rings. The smallest absolute Gasteiger partial charge is 0.339 e. The summed E-state index contributed by atoms with van der Waals surface area (Å²) in [5.74, 6) is -1.17. The van der Waals surface area contributed by atoms with E-state index < -0.39 is 16.0 Å². The van der Waals surface area contributed by atoms with E-state index >= 15 is 0 Å². The van der Waals surface area contributed by atoms with Gasteiger partial charge in [-0.1, -0.05) is 0 Å². The predicted molar refractivity (Wildman–Crippen MR) is 74.6 cm³/mol. The van der Waals surface area contributed by atoms with E-state index in [-0.39, 0.29) is 22.8 Å². The molecule has 8 heteroatoms. The van der Waals surface area contributed by atoms with Gasteiger partial charge in [0.1, 0.15) is 11.3 Å². The van der Waals surface area contributed by atoms with E-state index in [1.165, 1.54) is 19.2 Å². The molecule has 7 nitrogen and oxygen atoms in total. The number of aromatic carboxylic acids is 1. The number of unbranched alkanes of at least 4 members (excludes halogenated alkanes) is 2. The minimum absolute atomic E-state index is 0.0930. The van der Waals surface area contributed by atoms with Crippen LogP contribution in [0.2, 0.25) is 0 Å². The second-order valence-corrected chi connectivity index (χ2v) is 5.95. The van der Waals surface area contributed by atoms with Gasteiger partial charge < -0.3 is 9.84 Å². The van der Waals surface area contributed by atoms with E-state index in [1.807, 2.05) is 6.07 Å². The molecule has 0 aliphatic heterocycles. The topological polar surface area (TPSA) is 116 Å². The van der Waals surface area contributed by atoms with Crippen molar-refractivity contribution in [2.24, 2.45) is 0 Å². The summed E-state index contributed by atoms with van der Waals surface area (Å²) >= 11 is 0. The van der Waals surface area contributed by atoms with Crippen molar-refractivity contribution >= 4 is 16.0 Å². The van der Waals surface area contributed by atoms with Crippen molar-refractivity contribution in [2.45, 2.75) is 24.2 Å². The first kappa shape index (κ1) is 16.9. The molecular weight excluding hydrogens is 296 g/mol. The molecule has 0 bridgehead atoms. The zero-order valence-electron chi connectivity index (χ0n) is 11.5. The summed E-state index contributed by atoms with van der Waals surface area (Å²) in [7, 11) is -2.47. The summed E-state index contributed by atoms with van der Waals surface area (Å²) in [5, 5.41) is 17.4. The lowest BCUT2D eigenvalue weighted by Crippen LogP contribution is -2.25. The molecule has 0 atom stereocenters. The second kappa shape index (κ2) is 7.61. The van der Waals surface area contributed by atoms with Crippen LogP contribution in [0.25, 0.3) is 0 Å². The molecule has 0 aromatic heterocycles. The minimum atomic E-state index is -3.78. The van der Waals surface area contributed by atoms with Crippen molar-refractivity contribution in [1.82, 2.24) is 4.72 Å². The van der Waals surface area contributed by atoms with Crippen LogP contribution in [0.3, 0.4) is 0 Å².